The van der Waals surface area contributed by atoms with Gasteiger partial charge in [0.2, 0.25) is 0 Å². The van der Waals surface area contributed by atoms with Gasteiger partial charge in [0.1, 0.15) is 6.61 Å². The van der Waals surface area contributed by atoms with E-state index < -0.39 is 19.0 Å². The number of ether oxygens (including phenoxy) is 1. The van der Waals surface area contributed by atoms with Crippen LogP contribution in [0.5, 0.6) is 0 Å². The molecule has 7 heteroatoms. The van der Waals surface area contributed by atoms with Gasteiger partial charge in [-0.1, -0.05) is 34.6 Å². The van der Waals surface area contributed by atoms with E-state index in [1.165, 1.54) is 0 Å². The summed E-state index contributed by atoms with van der Waals surface area (Å²) in [5.41, 5.74) is -1.60. The Bertz CT molecular complexity index is 488. The zero-order valence-corrected chi connectivity index (χ0v) is 20.1. The Balaban J connectivity index is 4.84. The summed E-state index contributed by atoms with van der Waals surface area (Å²) in [6.45, 7) is 20.8. The highest BCUT2D eigenvalue weighted by Crippen LogP contribution is 2.55. The number of hydrogen-bond acceptors (Lipinski definition) is 6. The summed E-state index contributed by atoms with van der Waals surface area (Å²) >= 11 is 0. The summed E-state index contributed by atoms with van der Waals surface area (Å²) < 4.78 is 34.8. The van der Waals surface area contributed by atoms with Crippen molar-refractivity contribution in [3.63, 3.8) is 0 Å². The van der Waals surface area contributed by atoms with Crippen LogP contribution in [0.25, 0.3) is 0 Å². The van der Waals surface area contributed by atoms with Gasteiger partial charge in [-0.05, 0) is 59.3 Å². The fraction of sp³-hybridized carbons (Fsp3) is 0.950. The Kier molecular flexibility index (Phi) is 9.71. The van der Waals surface area contributed by atoms with E-state index in [0.29, 0.717) is 5.92 Å². The summed E-state index contributed by atoms with van der Waals surface area (Å²) in [5, 5.41) is 0. The molecule has 0 N–H and O–H groups in total. The molecule has 1 atom stereocenters. The molecule has 27 heavy (non-hydrogen) atoms. The lowest BCUT2D eigenvalue weighted by Crippen LogP contribution is -2.32. The van der Waals surface area contributed by atoms with Crippen LogP contribution < -0.4 is 0 Å². The zero-order chi connectivity index (χ0) is 21.7. The number of esters is 1. The standard InChI is InChI=1S/C20H41O6P/c1-15(2)14-16(18(3,4)5)17(21)23-12-13-24-27(22,25-19(6,7)8)26-20(9,10)11/h15-16H,12-14H2,1-11H3. The highest BCUT2D eigenvalue weighted by Gasteiger charge is 2.37. The first-order valence-electron chi connectivity index (χ1n) is 9.67. The number of phosphoric ester groups is 1. The molecule has 1 unspecified atom stereocenters. The number of hydrogen-bond donors (Lipinski definition) is 0. The maximum Gasteiger partial charge on any atom is 0.475 e. The molecule has 0 aromatic rings. The maximum absolute atomic E-state index is 12.9. The van der Waals surface area contributed by atoms with Crippen molar-refractivity contribution in [3.8, 4) is 0 Å². The molecule has 0 saturated heterocycles. The van der Waals surface area contributed by atoms with Gasteiger partial charge >= 0.3 is 13.8 Å². The van der Waals surface area contributed by atoms with Crippen LogP contribution in [0.3, 0.4) is 0 Å². The van der Waals surface area contributed by atoms with Crippen molar-refractivity contribution in [1.29, 1.82) is 0 Å². The number of rotatable bonds is 9. The maximum atomic E-state index is 12.9. The normalized spacial score (nSPS) is 15.1. The molecule has 0 spiro atoms. The average Bonchev–Trinajstić information content (AvgIpc) is 2.34. The van der Waals surface area contributed by atoms with Crippen LogP contribution in [0.15, 0.2) is 0 Å². The van der Waals surface area contributed by atoms with Gasteiger partial charge in [-0.25, -0.2) is 4.57 Å². The summed E-state index contributed by atoms with van der Waals surface area (Å²) in [6.07, 6.45) is 0.752. The van der Waals surface area contributed by atoms with Gasteiger partial charge in [0.15, 0.2) is 0 Å². The number of phosphoric acid groups is 1. The second kappa shape index (κ2) is 9.87. The lowest BCUT2D eigenvalue weighted by molar-refractivity contribution is -0.154. The fourth-order valence-electron chi connectivity index (χ4n) is 2.41. The minimum absolute atomic E-state index is 0.00545. The summed E-state index contributed by atoms with van der Waals surface area (Å²) in [6, 6.07) is 0. The van der Waals surface area contributed by atoms with Crippen molar-refractivity contribution in [2.75, 3.05) is 13.2 Å². The summed E-state index contributed by atoms with van der Waals surface area (Å²) in [4.78, 5) is 12.5. The molecule has 0 fully saturated rings. The van der Waals surface area contributed by atoms with Gasteiger partial charge in [0, 0.05) is 0 Å². The van der Waals surface area contributed by atoms with Crippen molar-refractivity contribution in [3.05, 3.63) is 0 Å². The van der Waals surface area contributed by atoms with Gasteiger partial charge in [-0.2, -0.15) is 0 Å². The van der Waals surface area contributed by atoms with E-state index in [1.807, 2.05) is 20.8 Å². The number of carbonyl (C=O) groups is 1. The molecule has 0 heterocycles. The molecular weight excluding hydrogens is 367 g/mol. The topological polar surface area (TPSA) is 71.1 Å². The molecule has 0 aliphatic carbocycles. The zero-order valence-electron chi connectivity index (χ0n) is 19.2. The first-order chi connectivity index (χ1) is 11.8. The monoisotopic (exact) mass is 408 g/mol. The van der Waals surface area contributed by atoms with E-state index >= 15 is 0 Å². The Morgan fingerprint density at radius 1 is 0.852 bits per heavy atom. The largest absolute Gasteiger partial charge is 0.475 e. The van der Waals surface area contributed by atoms with E-state index in [1.54, 1.807) is 41.5 Å². The second-order valence-electron chi connectivity index (χ2n) is 10.4. The van der Waals surface area contributed by atoms with Crippen molar-refractivity contribution in [1.82, 2.24) is 0 Å². The molecule has 162 valence electrons. The molecule has 0 saturated carbocycles. The van der Waals surface area contributed by atoms with Crippen molar-refractivity contribution in [2.24, 2.45) is 17.3 Å². The molecule has 0 rings (SSSR count). The molecule has 6 nitrogen and oxygen atoms in total. The minimum atomic E-state index is -3.79. The Labute approximate surface area is 166 Å². The van der Waals surface area contributed by atoms with Gasteiger partial charge in [0.25, 0.3) is 0 Å². The van der Waals surface area contributed by atoms with Crippen molar-refractivity contribution >= 4 is 13.8 Å². The van der Waals surface area contributed by atoms with E-state index in [9.17, 15) is 9.36 Å². The molecule has 0 bridgehead atoms. The Morgan fingerprint density at radius 2 is 1.30 bits per heavy atom. The van der Waals surface area contributed by atoms with Crippen LogP contribution >= 0.6 is 7.82 Å². The van der Waals surface area contributed by atoms with Gasteiger partial charge < -0.3 is 4.74 Å². The highest BCUT2D eigenvalue weighted by molar-refractivity contribution is 7.48. The van der Waals surface area contributed by atoms with Crippen molar-refractivity contribution < 1.29 is 27.7 Å². The molecule has 0 aromatic carbocycles. The van der Waals surface area contributed by atoms with Crippen molar-refractivity contribution in [2.45, 2.75) is 93.8 Å². The van der Waals surface area contributed by atoms with E-state index in [-0.39, 0.29) is 30.5 Å². The van der Waals surface area contributed by atoms with E-state index in [4.69, 9.17) is 18.3 Å². The van der Waals surface area contributed by atoms with Crippen LogP contribution in [-0.4, -0.2) is 30.4 Å². The molecular formula is C20H41O6P. The van der Waals surface area contributed by atoms with Crippen LogP contribution in [0.2, 0.25) is 0 Å². The smallest absolute Gasteiger partial charge is 0.463 e. The Hall–Kier alpha value is -0.420. The van der Waals surface area contributed by atoms with Crippen LogP contribution in [0.1, 0.15) is 82.6 Å². The summed E-state index contributed by atoms with van der Waals surface area (Å²) in [7, 11) is -3.79. The predicted molar refractivity (Wildman–Crippen MR) is 109 cm³/mol. The first kappa shape index (κ1) is 26.6. The van der Waals surface area contributed by atoms with Crippen LogP contribution in [0, 0.1) is 17.3 Å². The van der Waals surface area contributed by atoms with Crippen LogP contribution in [0.4, 0.5) is 0 Å². The lowest BCUT2D eigenvalue weighted by Gasteiger charge is -2.31. The molecule has 0 aliphatic heterocycles. The molecule has 0 radical (unpaired) electrons. The summed E-state index contributed by atoms with van der Waals surface area (Å²) in [5.74, 6) is -0.0809. The Morgan fingerprint density at radius 3 is 1.63 bits per heavy atom. The molecule has 0 aliphatic rings. The molecule has 0 amide bonds. The van der Waals surface area contributed by atoms with E-state index in [0.717, 1.165) is 6.42 Å². The van der Waals surface area contributed by atoms with Gasteiger partial charge in [-0.15, -0.1) is 0 Å². The first-order valence-corrected chi connectivity index (χ1v) is 11.1. The predicted octanol–water partition coefficient (Wildman–Crippen LogP) is 5.99. The lowest BCUT2D eigenvalue weighted by atomic mass is 9.76. The molecule has 0 aromatic heterocycles. The quantitative estimate of drug-likeness (QED) is 0.265. The third kappa shape index (κ3) is 12.6. The third-order valence-electron chi connectivity index (χ3n) is 3.39. The second-order valence-corrected chi connectivity index (χ2v) is 11.9. The number of carbonyl (C=O) groups excluding carboxylic acids is 1. The SMILES string of the molecule is CC(C)CC(C(=O)OCCOP(=O)(OC(C)(C)C)OC(C)(C)C)C(C)(C)C. The minimum Gasteiger partial charge on any atom is -0.463 e. The van der Waals surface area contributed by atoms with Gasteiger partial charge in [0.05, 0.1) is 23.7 Å². The van der Waals surface area contributed by atoms with Crippen LogP contribution in [-0.2, 0) is 27.7 Å². The van der Waals surface area contributed by atoms with Gasteiger partial charge in [-0.3, -0.25) is 18.4 Å². The fourth-order valence-corrected chi connectivity index (χ4v) is 4.19. The average molecular weight is 409 g/mol. The van der Waals surface area contributed by atoms with E-state index in [2.05, 4.69) is 13.8 Å². The highest BCUT2D eigenvalue weighted by atomic mass is 31.2. The third-order valence-corrected chi connectivity index (χ3v) is 5.43.